The third-order valence-corrected chi connectivity index (χ3v) is 5.19. The Morgan fingerprint density at radius 2 is 2.05 bits per heavy atom. The average molecular weight is 291 g/mol. The first-order valence-electron chi connectivity index (χ1n) is 7.38. The maximum absolute atomic E-state index is 6.13. The number of aryl methyl sites for hydroxylation is 1. The lowest BCUT2D eigenvalue weighted by Gasteiger charge is -2.26. The molecule has 0 bridgehead atoms. The van der Waals surface area contributed by atoms with Crippen molar-refractivity contribution in [1.82, 2.24) is 9.97 Å². The van der Waals surface area contributed by atoms with Gasteiger partial charge >= 0.3 is 0 Å². The number of anilines is 1. The first-order valence-corrected chi connectivity index (χ1v) is 8.20. The van der Waals surface area contributed by atoms with E-state index in [-0.39, 0.29) is 6.10 Å². The molecule has 0 unspecified atom stereocenters. The molecule has 108 valence electrons. The maximum Gasteiger partial charge on any atom is 0.227 e. The molecule has 1 aliphatic rings. The predicted molar refractivity (Wildman–Crippen MR) is 83.3 cm³/mol. The van der Waals surface area contributed by atoms with E-state index in [0.29, 0.717) is 11.8 Å². The van der Waals surface area contributed by atoms with Crippen molar-refractivity contribution in [1.29, 1.82) is 0 Å². The van der Waals surface area contributed by atoms with E-state index < -0.39 is 0 Å². The highest BCUT2D eigenvalue weighted by atomic mass is 32.1. The smallest absolute Gasteiger partial charge is 0.227 e. The minimum absolute atomic E-state index is 0.272. The van der Waals surface area contributed by atoms with Crippen molar-refractivity contribution in [2.45, 2.75) is 52.1 Å². The molecule has 20 heavy (non-hydrogen) atoms. The van der Waals surface area contributed by atoms with Crippen LogP contribution in [0.15, 0.2) is 6.07 Å². The molecule has 4 nitrogen and oxygen atoms in total. The van der Waals surface area contributed by atoms with Crippen LogP contribution >= 0.6 is 11.3 Å². The zero-order valence-corrected chi connectivity index (χ0v) is 12.9. The molecule has 1 aliphatic carbocycles. The lowest BCUT2D eigenvalue weighted by Crippen LogP contribution is -2.23. The van der Waals surface area contributed by atoms with Gasteiger partial charge in [0, 0.05) is 4.88 Å². The molecule has 2 N–H and O–H groups in total. The fraction of sp³-hybridized carbons (Fsp3) is 0.600. The second kappa shape index (κ2) is 5.56. The van der Waals surface area contributed by atoms with Crippen LogP contribution in [0.2, 0.25) is 0 Å². The summed E-state index contributed by atoms with van der Waals surface area (Å²) in [6.45, 7) is 4.45. The highest BCUT2D eigenvalue weighted by molar-refractivity contribution is 7.18. The van der Waals surface area contributed by atoms with Crippen LogP contribution in [0.5, 0.6) is 5.88 Å². The molecule has 0 atom stereocenters. The SMILES string of the molecule is CCc1cc2c(OC3CCC(C)CC3)nc(N)nc2s1. The second-order valence-electron chi connectivity index (χ2n) is 5.67. The van der Waals surface area contributed by atoms with Gasteiger partial charge in [0.05, 0.1) is 5.39 Å². The summed E-state index contributed by atoms with van der Waals surface area (Å²) in [5.41, 5.74) is 5.81. The van der Waals surface area contributed by atoms with Gasteiger partial charge in [-0.3, -0.25) is 0 Å². The largest absolute Gasteiger partial charge is 0.474 e. The molecular weight excluding hydrogens is 270 g/mol. The number of nitrogens with two attached hydrogens (primary N) is 1. The van der Waals surface area contributed by atoms with Crippen molar-refractivity contribution >= 4 is 27.5 Å². The van der Waals surface area contributed by atoms with Crippen molar-refractivity contribution < 1.29 is 4.74 Å². The highest BCUT2D eigenvalue weighted by Gasteiger charge is 2.21. The normalized spacial score (nSPS) is 23.1. The molecule has 1 saturated carbocycles. The molecule has 0 saturated heterocycles. The van der Waals surface area contributed by atoms with E-state index in [1.165, 1.54) is 17.7 Å². The summed E-state index contributed by atoms with van der Waals surface area (Å²) in [7, 11) is 0. The molecule has 2 heterocycles. The number of rotatable bonds is 3. The van der Waals surface area contributed by atoms with E-state index in [1.54, 1.807) is 11.3 Å². The van der Waals surface area contributed by atoms with Crippen molar-refractivity contribution in [3.8, 4) is 5.88 Å². The van der Waals surface area contributed by atoms with Crippen LogP contribution in [0.25, 0.3) is 10.2 Å². The number of ether oxygens (including phenoxy) is 1. The topological polar surface area (TPSA) is 61.0 Å². The van der Waals surface area contributed by atoms with Gasteiger partial charge in [0.15, 0.2) is 0 Å². The van der Waals surface area contributed by atoms with Crippen LogP contribution < -0.4 is 10.5 Å². The van der Waals surface area contributed by atoms with Crippen molar-refractivity contribution in [2.24, 2.45) is 5.92 Å². The molecule has 2 aromatic heterocycles. The van der Waals surface area contributed by atoms with Gasteiger partial charge in [-0.2, -0.15) is 4.98 Å². The van der Waals surface area contributed by atoms with Gasteiger partial charge in [0.2, 0.25) is 11.8 Å². The monoisotopic (exact) mass is 291 g/mol. The Bertz CT molecular complexity index is 602. The van der Waals surface area contributed by atoms with E-state index in [4.69, 9.17) is 10.5 Å². The first kappa shape index (κ1) is 13.6. The van der Waals surface area contributed by atoms with Crippen LogP contribution in [0.1, 0.15) is 44.4 Å². The van der Waals surface area contributed by atoms with Gasteiger partial charge in [0.25, 0.3) is 0 Å². The second-order valence-corrected chi connectivity index (χ2v) is 6.79. The Morgan fingerprint density at radius 3 is 2.75 bits per heavy atom. The summed E-state index contributed by atoms with van der Waals surface area (Å²) in [4.78, 5) is 10.9. The van der Waals surface area contributed by atoms with Gasteiger partial charge in [0.1, 0.15) is 10.9 Å². The van der Waals surface area contributed by atoms with Gasteiger partial charge < -0.3 is 10.5 Å². The minimum atomic E-state index is 0.272. The van der Waals surface area contributed by atoms with Crippen molar-refractivity contribution in [3.05, 3.63) is 10.9 Å². The molecule has 0 amide bonds. The van der Waals surface area contributed by atoms with Gasteiger partial charge in [-0.15, -0.1) is 11.3 Å². The minimum Gasteiger partial charge on any atom is -0.474 e. The molecule has 0 radical (unpaired) electrons. The van der Waals surface area contributed by atoms with E-state index in [2.05, 4.69) is 29.9 Å². The number of hydrogen-bond donors (Lipinski definition) is 1. The summed E-state index contributed by atoms with van der Waals surface area (Å²) < 4.78 is 6.13. The number of thiophene rings is 1. The molecule has 0 aliphatic heterocycles. The van der Waals surface area contributed by atoms with E-state index in [0.717, 1.165) is 35.4 Å². The van der Waals surface area contributed by atoms with Crippen LogP contribution in [-0.2, 0) is 6.42 Å². The summed E-state index contributed by atoms with van der Waals surface area (Å²) >= 11 is 1.68. The molecule has 5 heteroatoms. The Kier molecular flexibility index (Phi) is 3.78. The Hall–Kier alpha value is -1.36. The van der Waals surface area contributed by atoms with Gasteiger partial charge in [-0.25, -0.2) is 4.98 Å². The third kappa shape index (κ3) is 2.73. The van der Waals surface area contributed by atoms with Crippen molar-refractivity contribution in [2.75, 3.05) is 5.73 Å². The third-order valence-electron chi connectivity index (χ3n) is 4.02. The molecule has 2 aromatic rings. The lowest BCUT2D eigenvalue weighted by molar-refractivity contribution is 0.132. The Balaban J connectivity index is 1.88. The lowest BCUT2D eigenvalue weighted by atomic mass is 9.89. The number of nitrogens with zero attached hydrogens (tertiary/aromatic N) is 2. The number of fused-ring (bicyclic) bond motifs is 1. The number of aromatic nitrogens is 2. The van der Waals surface area contributed by atoms with Gasteiger partial charge in [-0.05, 0) is 44.1 Å². The van der Waals surface area contributed by atoms with E-state index in [1.807, 2.05) is 0 Å². The number of nitrogen functional groups attached to an aromatic ring is 1. The quantitative estimate of drug-likeness (QED) is 0.934. The zero-order valence-electron chi connectivity index (χ0n) is 12.1. The maximum atomic E-state index is 6.13. The van der Waals surface area contributed by atoms with E-state index >= 15 is 0 Å². The molecule has 0 aromatic carbocycles. The summed E-state index contributed by atoms with van der Waals surface area (Å²) in [5, 5.41) is 1.01. The highest BCUT2D eigenvalue weighted by Crippen LogP contribution is 2.34. The summed E-state index contributed by atoms with van der Waals surface area (Å²) in [6.07, 6.45) is 5.96. The fourth-order valence-corrected chi connectivity index (χ4v) is 3.70. The number of hydrogen-bond acceptors (Lipinski definition) is 5. The van der Waals surface area contributed by atoms with Crippen molar-refractivity contribution in [3.63, 3.8) is 0 Å². The summed E-state index contributed by atoms with van der Waals surface area (Å²) in [6, 6.07) is 2.14. The Morgan fingerprint density at radius 1 is 1.30 bits per heavy atom. The van der Waals surface area contributed by atoms with Gasteiger partial charge in [-0.1, -0.05) is 13.8 Å². The van der Waals surface area contributed by atoms with Crippen LogP contribution in [0.3, 0.4) is 0 Å². The van der Waals surface area contributed by atoms with Crippen LogP contribution in [0, 0.1) is 5.92 Å². The van der Waals surface area contributed by atoms with Crippen LogP contribution in [-0.4, -0.2) is 16.1 Å². The average Bonchev–Trinajstić information content (AvgIpc) is 2.84. The standard InChI is InChI=1S/C15H21N3OS/c1-3-11-8-12-13(17-15(16)18-14(12)20-11)19-10-6-4-9(2)5-7-10/h8-10H,3-7H2,1-2H3,(H2,16,17,18). The molecule has 3 rings (SSSR count). The van der Waals surface area contributed by atoms with E-state index in [9.17, 15) is 0 Å². The predicted octanol–water partition coefficient (Wildman–Crippen LogP) is 3.79. The molecular formula is C15H21N3OS. The Labute approximate surface area is 123 Å². The van der Waals surface area contributed by atoms with Crippen LogP contribution in [0.4, 0.5) is 5.95 Å². The molecule has 1 fully saturated rings. The first-order chi connectivity index (χ1) is 9.65. The fourth-order valence-electron chi connectivity index (χ4n) is 2.73. The molecule has 0 spiro atoms. The summed E-state index contributed by atoms with van der Waals surface area (Å²) in [5.74, 6) is 1.79. The zero-order chi connectivity index (χ0) is 14.1.